The fraction of sp³-hybridized carbons (Fsp3) is 1.00. The van der Waals surface area contributed by atoms with Crippen LogP contribution >= 0.6 is 0 Å². The number of nitrogens with zero attached hydrogens (tertiary/aromatic N) is 1. The standard InChI is InChI=1S/C9H20N2O/c1-4-10-9-7-12-6-8(9)5-11(2)3/h8-10H,4-7H2,1-3H3. The lowest BCUT2D eigenvalue weighted by atomic mass is 10.0. The number of hydrogen-bond acceptors (Lipinski definition) is 3. The van der Waals surface area contributed by atoms with E-state index in [2.05, 4.69) is 31.2 Å². The summed E-state index contributed by atoms with van der Waals surface area (Å²) in [5.74, 6) is 0.667. The van der Waals surface area contributed by atoms with Crippen molar-refractivity contribution in [2.45, 2.75) is 13.0 Å². The van der Waals surface area contributed by atoms with Gasteiger partial charge in [0.2, 0.25) is 0 Å². The van der Waals surface area contributed by atoms with Gasteiger partial charge < -0.3 is 15.0 Å². The van der Waals surface area contributed by atoms with Crippen molar-refractivity contribution in [2.24, 2.45) is 5.92 Å². The maximum Gasteiger partial charge on any atom is 0.0623 e. The Bertz CT molecular complexity index is 128. The van der Waals surface area contributed by atoms with Gasteiger partial charge in [0.25, 0.3) is 0 Å². The molecular formula is C9H20N2O. The van der Waals surface area contributed by atoms with Gasteiger partial charge in [-0.15, -0.1) is 0 Å². The van der Waals surface area contributed by atoms with Crippen molar-refractivity contribution < 1.29 is 4.74 Å². The summed E-state index contributed by atoms with van der Waals surface area (Å²) in [4.78, 5) is 2.23. The monoisotopic (exact) mass is 172 g/mol. The number of hydrogen-bond donors (Lipinski definition) is 1. The van der Waals surface area contributed by atoms with Gasteiger partial charge in [-0.1, -0.05) is 6.92 Å². The van der Waals surface area contributed by atoms with Crippen molar-refractivity contribution in [1.29, 1.82) is 0 Å². The molecule has 0 aliphatic carbocycles. The summed E-state index contributed by atoms with van der Waals surface area (Å²) >= 11 is 0. The van der Waals surface area contributed by atoms with Crippen LogP contribution in [0, 0.1) is 5.92 Å². The zero-order valence-corrected chi connectivity index (χ0v) is 8.34. The van der Waals surface area contributed by atoms with Crippen LogP contribution in [0.1, 0.15) is 6.92 Å². The van der Waals surface area contributed by atoms with E-state index in [1.165, 1.54) is 0 Å². The Labute approximate surface area is 75.1 Å². The average molecular weight is 172 g/mol. The van der Waals surface area contributed by atoms with E-state index in [0.29, 0.717) is 12.0 Å². The van der Waals surface area contributed by atoms with Crippen LogP contribution < -0.4 is 5.32 Å². The molecule has 1 fully saturated rings. The van der Waals surface area contributed by atoms with Gasteiger partial charge >= 0.3 is 0 Å². The number of nitrogens with one attached hydrogen (secondary N) is 1. The summed E-state index contributed by atoms with van der Waals surface area (Å²) in [6.45, 7) is 6.10. The van der Waals surface area contributed by atoms with E-state index in [1.54, 1.807) is 0 Å². The number of ether oxygens (including phenoxy) is 1. The Hall–Kier alpha value is -0.120. The molecule has 1 aliphatic rings. The van der Waals surface area contributed by atoms with E-state index in [4.69, 9.17) is 4.74 Å². The zero-order valence-electron chi connectivity index (χ0n) is 8.34. The van der Waals surface area contributed by atoms with E-state index in [-0.39, 0.29) is 0 Å². The van der Waals surface area contributed by atoms with E-state index in [1.807, 2.05) is 0 Å². The highest BCUT2D eigenvalue weighted by molar-refractivity contribution is 4.82. The molecule has 0 aromatic rings. The summed E-state index contributed by atoms with van der Waals surface area (Å²) in [6.07, 6.45) is 0. The van der Waals surface area contributed by atoms with E-state index in [9.17, 15) is 0 Å². The molecule has 1 saturated heterocycles. The molecule has 0 bridgehead atoms. The molecule has 1 rings (SSSR count). The Morgan fingerprint density at radius 2 is 2.17 bits per heavy atom. The van der Waals surface area contributed by atoms with Crippen LogP contribution in [-0.4, -0.2) is 51.3 Å². The molecule has 3 heteroatoms. The van der Waals surface area contributed by atoms with Gasteiger partial charge in [0.05, 0.1) is 13.2 Å². The summed E-state index contributed by atoms with van der Waals surface area (Å²) in [5, 5.41) is 3.45. The van der Waals surface area contributed by atoms with Crippen molar-refractivity contribution >= 4 is 0 Å². The summed E-state index contributed by atoms with van der Waals surface area (Å²) in [7, 11) is 4.22. The molecule has 2 atom stereocenters. The minimum Gasteiger partial charge on any atom is -0.379 e. The molecule has 3 nitrogen and oxygen atoms in total. The molecule has 0 amide bonds. The van der Waals surface area contributed by atoms with Gasteiger partial charge in [0.1, 0.15) is 0 Å². The van der Waals surface area contributed by atoms with Gasteiger partial charge in [0.15, 0.2) is 0 Å². The molecule has 1 N–H and O–H groups in total. The van der Waals surface area contributed by atoms with Crippen LogP contribution in [0.5, 0.6) is 0 Å². The molecule has 0 spiro atoms. The van der Waals surface area contributed by atoms with Gasteiger partial charge in [-0.2, -0.15) is 0 Å². The van der Waals surface area contributed by atoms with Gasteiger partial charge in [-0.3, -0.25) is 0 Å². The molecule has 1 heterocycles. The minimum absolute atomic E-state index is 0.567. The van der Waals surface area contributed by atoms with E-state index < -0.39 is 0 Å². The average Bonchev–Trinajstić information content (AvgIpc) is 2.37. The molecule has 0 aromatic carbocycles. The van der Waals surface area contributed by atoms with E-state index >= 15 is 0 Å². The largest absolute Gasteiger partial charge is 0.379 e. The third-order valence-electron chi connectivity index (χ3n) is 2.26. The van der Waals surface area contributed by atoms with Crippen molar-refractivity contribution in [3.05, 3.63) is 0 Å². The highest BCUT2D eigenvalue weighted by Gasteiger charge is 2.27. The molecule has 0 radical (unpaired) electrons. The summed E-state index contributed by atoms with van der Waals surface area (Å²) in [5.41, 5.74) is 0. The lowest BCUT2D eigenvalue weighted by Gasteiger charge is -2.21. The topological polar surface area (TPSA) is 24.5 Å². The van der Waals surface area contributed by atoms with Crippen LogP contribution in [0.15, 0.2) is 0 Å². The van der Waals surface area contributed by atoms with Gasteiger partial charge in [-0.25, -0.2) is 0 Å². The first kappa shape index (κ1) is 9.96. The van der Waals surface area contributed by atoms with E-state index in [0.717, 1.165) is 26.3 Å². The smallest absolute Gasteiger partial charge is 0.0623 e. The van der Waals surface area contributed by atoms with Crippen molar-refractivity contribution in [3.8, 4) is 0 Å². The maximum atomic E-state index is 5.43. The second-order valence-electron chi connectivity index (χ2n) is 3.72. The maximum absolute atomic E-state index is 5.43. The first-order valence-corrected chi connectivity index (χ1v) is 4.70. The molecule has 1 aliphatic heterocycles. The van der Waals surface area contributed by atoms with Crippen LogP contribution in [0.2, 0.25) is 0 Å². The lowest BCUT2D eigenvalue weighted by molar-refractivity contribution is 0.177. The van der Waals surface area contributed by atoms with Crippen LogP contribution in [0.25, 0.3) is 0 Å². The van der Waals surface area contributed by atoms with Crippen molar-refractivity contribution in [3.63, 3.8) is 0 Å². The van der Waals surface area contributed by atoms with Gasteiger partial charge in [-0.05, 0) is 20.6 Å². The predicted octanol–water partition coefficient (Wildman–Crippen LogP) is 0.173. The Morgan fingerprint density at radius 3 is 2.75 bits per heavy atom. The van der Waals surface area contributed by atoms with Gasteiger partial charge in [0, 0.05) is 18.5 Å². The third kappa shape index (κ3) is 2.73. The molecular weight excluding hydrogens is 152 g/mol. The Balaban J connectivity index is 2.30. The molecule has 0 saturated carbocycles. The molecule has 0 aromatic heterocycles. The second kappa shape index (κ2) is 4.80. The SMILES string of the molecule is CCNC1COCC1CN(C)C. The fourth-order valence-corrected chi connectivity index (χ4v) is 1.74. The number of likely N-dealkylation sites (N-methyl/N-ethyl adjacent to an activating group) is 1. The molecule has 12 heavy (non-hydrogen) atoms. The Kier molecular flexibility index (Phi) is 3.98. The number of rotatable bonds is 4. The molecule has 72 valence electrons. The zero-order chi connectivity index (χ0) is 8.97. The first-order valence-electron chi connectivity index (χ1n) is 4.70. The quantitative estimate of drug-likeness (QED) is 0.654. The fourth-order valence-electron chi connectivity index (χ4n) is 1.74. The first-order chi connectivity index (χ1) is 5.74. The highest BCUT2D eigenvalue weighted by atomic mass is 16.5. The van der Waals surface area contributed by atoms with Crippen LogP contribution in [-0.2, 0) is 4.74 Å². The van der Waals surface area contributed by atoms with Crippen molar-refractivity contribution in [2.75, 3.05) is 40.4 Å². The predicted molar refractivity (Wildman–Crippen MR) is 50.3 cm³/mol. The summed E-state index contributed by atoms with van der Waals surface area (Å²) in [6, 6.07) is 0.567. The highest BCUT2D eigenvalue weighted by Crippen LogP contribution is 2.13. The van der Waals surface area contributed by atoms with Crippen LogP contribution in [0.3, 0.4) is 0 Å². The lowest BCUT2D eigenvalue weighted by Crippen LogP contribution is -2.39. The molecule has 2 unspecified atom stereocenters. The second-order valence-corrected chi connectivity index (χ2v) is 3.72. The third-order valence-corrected chi connectivity index (χ3v) is 2.26. The Morgan fingerprint density at radius 1 is 1.42 bits per heavy atom. The van der Waals surface area contributed by atoms with Crippen LogP contribution in [0.4, 0.5) is 0 Å². The normalized spacial score (nSPS) is 30.0. The minimum atomic E-state index is 0.567. The van der Waals surface area contributed by atoms with Crippen molar-refractivity contribution in [1.82, 2.24) is 10.2 Å². The summed E-state index contributed by atoms with van der Waals surface area (Å²) < 4.78 is 5.43.